The number of nitrogens with two attached hydrogens (primary N) is 1. The van der Waals surface area contributed by atoms with Crippen molar-refractivity contribution in [3.63, 3.8) is 0 Å². The minimum atomic E-state index is -0.0587. The second-order valence-corrected chi connectivity index (χ2v) is 8.72. The summed E-state index contributed by atoms with van der Waals surface area (Å²) in [5.74, 6) is 1.08. The van der Waals surface area contributed by atoms with Gasteiger partial charge in [0.05, 0.1) is 10.4 Å². The van der Waals surface area contributed by atoms with Crippen molar-refractivity contribution in [3.8, 4) is 0 Å². The number of rotatable bonds is 7. The van der Waals surface area contributed by atoms with Crippen molar-refractivity contribution in [1.82, 2.24) is 14.6 Å². The molecule has 29 heavy (non-hydrogen) atoms. The Labute approximate surface area is 185 Å². The maximum Gasteiger partial charge on any atom is 0.263 e. The number of carbonyl (C=O) groups excluding carboxylic acids is 1. The number of hydrogen-bond acceptors (Lipinski definition) is 7. The van der Waals surface area contributed by atoms with Crippen LogP contribution in [-0.2, 0) is 0 Å². The van der Waals surface area contributed by atoms with Gasteiger partial charge in [0.15, 0.2) is 0 Å². The lowest BCUT2D eigenvalue weighted by atomic mass is 10.2. The third-order valence-corrected chi connectivity index (χ3v) is 6.86. The molecule has 1 aliphatic rings. The van der Waals surface area contributed by atoms with Gasteiger partial charge in [-0.1, -0.05) is 12.1 Å². The molecule has 0 unspecified atom stereocenters. The summed E-state index contributed by atoms with van der Waals surface area (Å²) < 4.78 is 5.93. The Balaban J connectivity index is 0.00000240. The predicted octanol–water partition coefficient (Wildman–Crippen LogP) is 3.69. The molecule has 1 saturated heterocycles. The summed E-state index contributed by atoms with van der Waals surface area (Å²) in [7, 11) is 0. The van der Waals surface area contributed by atoms with Crippen molar-refractivity contribution in [1.29, 1.82) is 0 Å². The molecule has 9 heteroatoms. The number of hydrogen-bond donors (Lipinski definition) is 2. The summed E-state index contributed by atoms with van der Waals surface area (Å²) in [6.07, 6.45) is 2.06. The number of fused-ring (bicyclic) bond motifs is 1. The Kier molecular flexibility index (Phi) is 7.71. The minimum absolute atomic E-state index is 0. The summed E-state index contributed by atoms with van der Waals surface area (Å²) in [6, 6.07) is 10.2. The lowest BCUT2D eigenvalue weighted by Crippen LogP contribution is -2.46. The van der Waals surface area contributed by atoms with Crippen LogP contribution in [0.15, 0.2) is 35.7 Å². The number of benzene rings is 1. The molecule has 0 aliphatic carbocycles. The van der Waals surface area contributed by atoms with Gasteiger partial charge < -0.3 is 16.0 Å². The van der Waals surface area contributed by atoms with Crippen molar-refractivity contribution in [2.45, 2.75) is 12.8 Å². The van der Waals surface area contributed by atoms with E-state index in [0.29, 0.717) is 17.1 Å². The monoisotopic (exact) mass is 451 g/mol. The van der Waals surface area contributed by atoms with Crippen LogP contribution < -0.4 is 16.0 Å². The molecule has 1 fully saturated rings. The third kappa shape index (κ3) is 5.19. The third-order valence-electron chi connectivity index (χ3n) is 5.12. The van der Waals surface area contributed by atoms with Crippen molar-refractivity contribution >= 4 is 62.8 Å². The van der Waals surface area contributed by atoms with Crippen LogP contribution in [-0.4, -0.2) is 54.4 Å². The van der Waals surface area contributed by atoms with Crippen LogP contribution >= 0.6 is 35.3 Å². The molecule has 1 amide bonds. The van der Waals surface area contributed by atoms with Crippen molar-refractivity contribution in [2.75, 3.05) is 49.9 Å². The first-order valence-corrected chi connectivity index (χ1v) is 11.3. The summed E-state index contributed by atoms with van der Waals surface area (Å²) in [5.41, 5.74) is 6.34. The number of unbranched alkanes of at least 4 members (excludes halogenated alkanes) is 1. The number of nitrogens with zero attached hydrogens (tertiary/aromatic N) is 3. The highest BCUT2D eigenvalue weighted by Crippen LogP contribution is 2.29. The first-order valence-electron chi connectivity index (χ1n) is 9.65. The lowest BCUT2D eigenvalue weighted by Gasteiger charge is -2.35. The zero-order valence-electron chi connectivity index (χ0n) is 16.2. The molecule has 3 N–H and O–H groups in total. The molecule has 0 spiro atoms. The number of carbonyl (C=O) groups is 1. The largest absolute Gasteiger partial charge is 0.397 e. The Bertz CT molecular complexity index is 936. The fourth-order valence-corrected chi connectivity index (χ4v) is 5.06. The highest BCUT2D eigenvalue weighted by atomic mass is 35.5. The molecule has 0 atom stereocenters. The first-order chi connectivity index (χ1) is 13.7. The Hall–Kier alpha value is -1.87. The molecule has 2 aromatic heterocycles. The molecule has 4 rings (SSSR count). The van der Waals surface area contributed by atoms with E-state index in [4.69, 9.17) is 5.73 Å². The average Bonchev–Trinajstić information content (AvgIpc) is 3.34. The Morgan fingerprint density at radius 3 is 2.69 bits per heavy atom. The van der Waals surface area contributed by atoms with Crippen molar-refractivity contribution in [2.24, 2.45) is 0 Å². The zero-order valence-corrected chi connectivity index (χ0v) is 18.6. The van der Waals surface area contributed by atoms with Crippen LogP contribution in [0.4, 0.5) is 11.5 Å². The number of aromatic nitrogens is 1. The molecule has 0 bridgehead atoms. The molecule has 6 nitrogen and oxygen atoms in total. The number of anilines is 2. The number of amides is 1. The molecule has 3 heterocycles. The second-order valence-electron chi connectivity index (χ2n) is 7.00. The van der Waals surface area contributed by atoms with Crippen LogP contribution in [0.1, 0.15) is 22.5 Å². The SMILES string of the molecule is Cl.Nc1ccsc1C(=O)NCCCCN1CCN(c2nsc3ccccc23)CC1. The van der Waals surface area contributed by atoms with Gasteiger partial charge in [-0.25, -0.2) is 0 Å². The van der Waals surface area contributed by atoms with E-state index in [-0.39, 0.29) is 18.3 Å². The standard InChI is InChI=1S/C20H25N5OS2.ClH/c21-16-7-14-27-18(16)20(26)22-8-3-4-9-24-10-12-25(13-11-24)19-15-5-1-2-6-17(15)28-23-19;/h1-2,5-7,14H,3-4,8-13,21H2,(H,22,26);1H. The van der Waals surface area contributed by atoms with Crippen LogP contribution in [0.25, 0.3) is 10.1 Å². The van der Waals surface area contributed by atoms with Crippen LogP contribution in [0, 0.1) is 0 Å². The van der Waals surface area contributed by atoms with E-state index >= 15 is 0 Å². The summed E-state index contributed by atoms with van der Waals surface area (Å²) >= 11 is 2.97. The molecule has 1 aromatic carbocycles. The molecule has 1 aliphatic heterocycles. The predicted molar refractivity (Wildman–Crippen MR) is 126 cm³/mol. The molecular formula is C20H26ClN5OS2. The lowest BCUT2D eigenvalue weighted by molar-refractivity contribution is 0.0957. The van der Waals surface area contributed by atoms with Gasteiger partial charge in [-0.2, -0.15) is 4.37 Å². The van der Waals surface area contributed by atoms with Crippen LogP contribution in [0.2, 0.25) is 0 Å². The van der Waals surface area contributed by atoms with Crippen molar-refractivity contribution in [3.05, 3.63) is 40.6 Å². The van der Waals surface area contributed by atoms with E-state index in [1.807, 2.05) is 5.38 Å². The van der Waals surface area contributed by atoms with Crippen molar-refractivity contribution < 1.29 is 4.79 Å². The highest BCUT2D eigenvalue weighted by molar-refractivity contribution is 7.13. The van der Waals surface area contributed by atoms with Gasteiger partial charge in [-0.3, -0.25) is 9.69 Å². The smallest absolute Gasteiger partial charge is 0.263 e. The van der Waals surface area contributed by atoms with E-state index in [9.17, 15) is 4.79 Å². The van der Waals surface area contributed by atoms with Gasteiger partial charge in [-0.15, -0.1) is 23.7 Å². The van der Waals surface area contributed by atoms with Gasteiger partial charge in [0.1, 0.15) is 10.7 Å². The van der Waals surface area contributed by atoms with Gasteiger partial charge in [0, 0.05) is 38.1 Å². The summed E-state index contributed by atoms with van der Waals surface area (Å²) in [6.45, 7) is 5.92. The topological polar surface area (TPSA) is 74.5 Å². The number of thiophene rings is 1. The first kappa shape index (κ1) is 21.8. The maximum atomic E-state index is 12.0. The summed E-state index contributed by atoms with van der Waals surface area (Å²) in [5, 5.41) is 6.08. The van der Waals surface area contributed by atoms with E-state index in [1.54, 1.807) is 17.6 Å². The van der Waals surface area contributed by atoms with E-state index in [0.717, 1.165) is 51.4 Å². The van der Waals surface area contributed by atoms with Gasteiger partial charge in [0.25, 0.3) is 5.91 Å². The van der Waals surface area contributed by atoms with E-state index < -0.39 is 0 Å². The Morgan fingerprint density at radius 1 is 1.14 bits per heavy atom. The molecule has 156 valence electrons. The molecule has 0 radical (unpaired) electrons. The van der Waals surface area contributed by atoms with Gasteiger partial charge >= 0.3 is 0 Å². The van der Waals surface area contributed by atoms with Gasteiger partial charge in [0.2, 0.25) is 0 Å². The average molecular weight is 452 g/mol. The number of nitrogens with one attached hydrogen (secondary N) is 1. The molecular weight excluding hydrogens is 426 g/mol. The summed E-state index contributed by atoms with van der Waals surface area (Å²) in [4.78, 5) is 17.6. The Morgan fingerprint density at radius 2 is 1.93 bits per heavy atom. The molecule has 3 aromatic rings. The van der Waals surface area contributed by atoms with Crippen LogP contribution in [0.3, 0.4) is 0 Å². The van der Waals surface area contributed by atoms with Gasteiger partial charge in [-0.05, 0) is 54.5 Å². The number of nitrogen functional groups attached to an aromatic ring is 1. The maximum absolute atomic E-state index is 12.0. The number of piperazine rings is 1. The minimum Gasteiger partial charge on any atom is -0.397 e. The highest BCUT2D eigenvalue weighted by Gasteiger charge is 2.20. The fraction of sp³-hybridized carbons (Fsp3) is 0.400. The quantitative estimate of drug-likeness (QED) is 0.536. The zero-order chi connectivity index (χ0) is 19.3. The second kappa shape index (κ2) is 10.2. The van der Waals surface area contributed by atoms with E-state index in [2.05, 4.69) is 43.8 Å². The number of halogens is 1. The fourth-order valence-electron chi connectivity index (χ4n) is 3.53. The van der Waals surface area contributed by atoms with E-state index in [1.165, 1.54) is 21.4 Å². The normalized spacial score (nSPS) is 14.7. The van der Waals surface area contributed by atoms with Crippen LogP contribution in [0.5, 0.6) is 0 Å². The molecule has 0 saturated carbocycles.